The van der Waals surface area contributed by atoms with Crippen LogP contribution in [-0.2, 0) is 16.1 Å². The maximum absolute atomic E-state index is 12.9. The molecule has 0 amide bonds. The largest absolute Gasteiger partial charge is 0.466 e. The fourth-order valence-corrected chi connectivity index (χ4v) is 2.03. The highest BCUT2D eigenvalue weighted by atomic mass is 19.1. The van der Waals surface area contributed by atoms with E-state index in [0.717, 1.165) is 5.56 Å². The van der Waals surface area contributed by atoms with E-state index < -0.39 is 5.97 Å². The van der Waals surface area contributed by atoms with Crippen molar-refractivity contribution in [3.8, 4) is 0 Å². The third-order valence-electron chi connectivity index (χ3n) is 2.99. The SMILES string of the molecule is CCOC(=O)CC(=O)c1cccn1Cc1ccc(F)cc1. The van der Waals surface area contributed by atoms with Crippen LogP contribution in [0, 0.1) is 5.82 Å². The number of carbonyl (C=O) groups excluding carboxylic acids is 2. The average molecular weight is 289 g/mol. The lowest BCUT2D eigenvalue weighted by Gasteiger charge is -2.08. The predicted octanol–water partition coefficient (Wildman–Crippen LogP) is 2.81. The van der Waals surface area contributed by atoms with Gasteiger partial charge in [-0.05, 0) is 36.8 Å². The van der Waals surface area contributed by atoms with Crippen LogP contribution in [0.25, 0.3) is 0 Å². The standard InChI is InChI=1S/C16H16FNO3/c1-2-21-16(20)10-15(19)14-4-3-9-18(14)11-12-5-7-13(17)8-6-12/h3-9H,2,10-11H2,1H3. The number of rotatable bonds is 6. The minimum absolute atomic E-state index is 0.253. The molecule has 1 aromatic carbocycles. The van der Waals surface area contributed by atoms with Crippen LogP contribution in [0.2, 0.25) is 0 Å². The van der Waals surface area contributed by atoms with Gasteiger partial charge in [-0.3, -0.25) is 9.59 Å². The minimum Gasteiger partial charge on any atom is -0.466 e. The van der Waals surface area contributed by atoms with Crippen molar-refractivity contribution in [1.82, 2.24) is 4.57 Å². The molecule has 0 fully saturated rings. The summed E-state index contributed by atoms with van der Waals surface area (Å²) >= 11 is 0. The van der Waals surface area contributed by atoms with Crippen molar-refractivity contribution in [3.05, 3.63) is 59.7 Å². The van der Waals surface area contributed by atoms with E-state index >= 15 is 0 Å². The number of halogens is 1. The first kappa shape index (κ1) is 15.0. The quantitative estimate of drug-likeness (QED) is 0.467. The van der Waals surface area contributed by atoms with Crippen LogP contribution in [-0.4, -0.2) is 22.9 Å². The van der Waals surface area contributed by atoms with Gasteiger partial charge in [0.05, 0.1) is 12.3 Å². The fraction of sp³-hybridized carbons (Fsp3) is 0.250. The molecular formula is C16H16FNO3. The van der Waals surface area contributed by atoms with E-state index in [1.54, 1.807) is 42.0 Å². The molecule has 1 aromatic heterocycles. The lowest BCUT2D eigenvalue weighted by molar-refractivity contribution is -0.141. The molecule has 0 atom stereocenters. The van der Waals surface area contributed by atoms with Crippen LogP contribution >= 0.6 is 0 Å². The van der Waals surface area contributed by atoms with Crippen molar-refractivity contribution < 1.29 is 18.7 Å². The van der Waals surface area contributed by atoms with E-state index in [1.165, 1.54) is 12.1 Å². The highest BCUT2D eigenvalue weighted by Crippen LogP contribution is 2.11. The molecule has 1 heterocycles. The summed E-state index contributed by atoms with van der Waals surface area (Å²) in [6.07, 6.45) is 1.48. The van der Waals surface area contributed by atoms with Crippen LogP contribution in [0.4, 0.5) is 4.39 Å². The zero-order chi connectivity index (χ0) is 15.2. The van der Waals surface area contributed by atoms with Crippen molar-refractivity contribution in [2.45, 2.75) is 19.9 Å². The molecule has 0 N–H and O–H groups in total. The number of hydrogen-bond donors (Lipinski definition) is 0. The van der Waals surface area contributed by atoms with Gasteiger partial charge in [0.15, 0.2) is 5.78 Å². The molecule has 2 aromatic rings. The molecular weight excluding hydrogens is 273 g/mol. The van der Waals surface area contributed by atoms with E-state index in [9.17, 15) is 14.0 Å². The Morgan fingerprint density at radius 2 is 1.90 bits per heavy atom. The Bertz CT molecular complexity index is 631. The zero-order valence-corrected chi connectivity index (χ0v) is 11.7. The summed E-state index contributed by atoms with van der Waals surface area (Å²) in [5.74, 6) is -1.12. The molecule has 0 saturated carbocycles. The van der Waals surface area contributed by atoms with Gasteiger partial charge in [0.1, 0.15) is 12.2 Å². The van der Waals surface area contributed by atoms with Gasteiger partial charge in [0.25, 0.3) is 0 Å². The van der Waals surface area contributed by atoms with Crippen molar-refractivity contribution in [1.29, 1.82) is 0 Å². The molecule has 21 heavy (non-hydrogen) atoms. The first-order chi connectivity index (χ1) is 10.1. The third kappa shape index (κ3) is 4.02. The fourth-order valence-electron chi connectivity index (χ4n) is 2.03. The summed E-state index contributed by atoms with van der Waals surface area (Å²) in [5, 5.41) is 0. The highest BCUT2D eigenvalue weighted by Gasteiger charge is 2.16. The molecule has 0 aliphatic rings. The Labute approximate surface area is 122 Å². The Kier molecular flexibility index (Phi) is 4.87. The second kappa shape index (κ2) is 6.83. The van der Waals surface area contributed by atoms with E-state index in [4.69, 9.17) is 4.74 Å². The third-order valence-corrected chi connectivity index (χ3v) is 2.99. The topological polar surface area (TPSA) is 48.3 Å². The van der Waals surface area contributed by atoms with Gasteiger partial charge in [-0.2, -0.15) is 0 Å². The smallest absolute Gasteiger partial charge is 0.313 e. The summed E-state index contributed by atoms with van der Waals surface area (Å²) in [6, 6.07) is 9.47. The van der Waals surface area contributed by atoms with Gasteiger partial charge in [0.2, 0.25) is 0 Å². The number of Topliss-reactive ketones (excluding diaryl/α,β-unsaturated/α-hetero) is 1. The molecule has 0 saturated heterocycles. The number of ketones is 1. The highest BCUT2D eigenvalue weighted by molar-refractivity contribution is 6.05. The van der Waals surface area contributed by atoms with Crippen LogP contribution < -0.4 is 0 Å². The second-order valence-corrected chi connectivity index (χ2v) is 4.55. The Balaban J connectivity index is 2.09. The summed E-state index contributed by atoms with van der Waals surface area (Å²) in [7, 11) is 0. The van der Waals surface area contributed by atoms with Crippen LogP contribution in [0.3, 0.4) is 0 Å². The van der Waals surface area contributed by atoms with Crippen LogP contribution in [0.5, 0.6) is 0 Å². The lowest BCUT2D eigenvalue weighted by Crippen LogP contribution is -2.15. The number of ether oxygens (including phenoxy) is 1. The van der Waals surface area contributed by atoms with Gasteiger partial charge >= 0.3 is 5.97 Å². The lowest BCUT2D eigenvalue weighted by atomic mass is 10.2. The van der Waals surface area contributed by atoms with Crippen molar-refractivity contribution >= 4 is 11.8 Å². The molecule has 0 radical (unpaired) electrons. The predicted molar refractivity (Wildman–Crippen MR) is 75.5 cm³/mol. The number of carbonyl (C=O) groups is 2. The molecule has 0 spiro atoms. The van der Waals surface area contributed by atoms with Crippen molar-refractivity contribution in [3.63, 3.8) is 0 Å². The zero-order valence-electron chi connectivity index (χ0n) is 11.7. The van der Waals surface area contributed by atoms with Crippen LogP contribution in [0.15, 0.2) is 42.6 Å². The summed E-state index contributed by atoms with van der Waals surface area (Å²) in [4.78, 5) is 23.4. The van der Waals surface area contributed by atoms with E-state index in [1.807, 2.05) is 0 Å². The van der Waals surface area contributed by atoms with Crippen molar-refractivity contribution in [2.75, 3.05) is 6.61 Å². The monoisotopic (exact) mass is 289 g/mol. The van der Waals surface area contributed by atoms with E-state index in [-0.39, 0.29) is 24.6 Å². The van der Waals surface area contributed by atoms with Crippen molar-refractivity contribution in [2.24, 2.45) is 0 Å². The number of benzene rings is 1. The second-order valence-electron chi connectivity index (χ2n) is 4.55. The molecule has 110 valence electrons. The molecule has 4 nitrogen and oxygen atoms in total. The Morgan fingerprint density at radius 3 is 2.57 bits per heavy atom. The normalized spacial score (nSPS) is 10.4. The maximum Gasteiger partial charge on any atom is 0.313 e. The first-order valence-corrected chi connectivity index (χ1v) is 6.68. The van der Waals surface area contributed by atoms with E-state index in [2.05, 4.69) is 0 Å². The first-order valence-electron chi connectivity index (χ1n) is 6.68. The van der Waals surface area contributed by atoms with Gasteiger partial charge in [0, 0.05) is 12.7 Å². The number of nitrogens with zero attached hydrogens (tertiary/aromatic N) is 1. The molecule has 5 heteroatoms. The molecule has 0 aliphatic carbocycles. The van der Waals surface area contributed by atoms with Gasteiger partial charge in [-0.1, -0.05) is 12.1 Å². The summed E-state index contributed by atoms with van der Waals surface area (Å²) < 4.78 is 19.4. The van der Waals surface area contributed by atoms with Gasteiger partial charge in [-0.25, -0.2) is 4.39 Å². The minimum atomic E-state index is -0.531. The van der Waals surface area contributed by atoms with E-state index in [0.29, 0.717) is 12.2 Å². The average Bonchev–Trinajstić information content (AvgIpc) is 2.90. The Morgan fingerprint density at radius 1 is 1.19 bits per heavy atom. The molecule has 0 aliphatic heterocycles. The molecule has 0 unspecified atom stereocenters. The summed E-state index contributed by atoms with van der Waals surface area (Å²) in [6.45, 7) is 2.39. The van der Waals surface area contributed by atoms with Crippen LogP contribution in [0.1, 0.15) is 29.4 Å². The molecule has 0 bridgehead atoms. The van der Waals surface area contributed by atoms with Gasteiger partial charge < -0.3 is 9.30 Å². The molecule has 2 rings (SSSR count). The Hall–Kier alpha value is -2.43. The number of aromatic nitrogens is 1. The summed E-state index contributed by atoms with van der Waals surface area (Å²) in [5.41, 5.74) is 1.31. The number of esters is 1. The number of hydrogen-bond acceptors (Lipinski definition) is 3. The van der Waals surface area contributed by atoms with Gasteiger partial charge in [-0.15, -0.1) is 0 Å². The maximum atomic E-state index is 12.9.